The van der Waals surface area contributed by atoms with E-state index in [-0.39, 0.29) is 37.9 Å². The molecule has 9 nitrogen and oxygen atoms in total. The van der Waals surface area contributed by atoms with E-state index >= 15 is 0 Å². The summed E-state index contributed by atoms with van der Waals surface area (Å²) in [5, 5.41) is 11.7. The third-order valence-corrected chi connectivity index (χ3v) is 6.70. The highest BCUT2D eigenvalue weighted by atomic mass is 16.5. The normalized spacial score (nSPS) is 12.9. The lowest BCUT2D eigenvalue weighted by atomic mass is 10.0. The first-order valence-electron chi connectivity index (χ1n) is 15.1. The number of rotatable bonds is 21. The number of nitrogens with one attached hydrogen (secondary N) is 1. The number of amides is 1. The van der Waals surface area contributed by atoms with Crippen molar-refractivity contribution < 1.29 is 38.4 Å². The molecule has 0 saturated carbocycles. The van der Waals surface area contributed by atoms with Crippen molar-refractivity contribution in [3.8, 4) is 5.75 Å². The van der Waals surface area contributed by atoms with E-state index in [0.29, 0.717) is 44.3 Å². The Morgan fingerprint density at radius 2 is 1.60 bits per heavy atom. The lowest BCUT2D eigenvalue weighted by Crippen LogP contribution is -2.43. The van der Waals surface area contributed by atoms with E-state index in [4.69, 9.17) is 24.1 Å². The fourth-order valence-electron chi connectivity index (χ4n) is 4.16. The molecule has 0 saturated heterocycles. The minimum atomic E-state index is -0.892. The zero-order valence-corrected chi connectivity index (χ0v) is 26.3. The molecule has 0 aliphatic carbocycles. The Hall–Kier alpha value is -3.43. The second-order valence-electron chi connectivity index (χ2n) is 11.9. The van der Waals surface area contributed by atoms with Gasteiger partial charge in [-0.1, -0.05) is 56.3 Å². The summed E-state index contributed by atoms with van der Waals surface area (Å²) in [6, 6.07) is 15.9. The molecule has 0 heterocycles. The van der Waals surface area contributed by atoms with Gasteiger partial charge in [-0.3, -0.25) is 9.59 Å². The molecule has 0 aliphatic rings. The topological polar surface area (TPSA) is 120 Å². The molecule has 2 aromatic carbocycles. The molecule has 0 aliphatic heterocycles. The molecule has 43 heavy (non-hydrogen) atoms. The van der Waals surface area contributed by atoms with Crippen LogP contribution in [0.4, 0.5) is 0 Å². The Kier molecular flexibility index (Phi) is 15.8. The highest BCUT2D eigenvalue weighted by molar-refractivity contribution is 5.84. The number of aliphatic carboxylic acids is 1. The molecule has 9 heteroatoms. The van der Waals surface area contributed by atoms with Crippen LogP contribution in [-0.4, -0.2) is 60.5 Å². The monoisotopic (exact) mass is 599 g/mol. The molecule has 0 fully saturated rings. The first kappa shape index (κ1) is 35.8. The molecule has 0 aromatic heterocycles. The molecule has 2 rings (SSSR count). The van der Waals surface area contributed by atoms with Crippen molar-refractivity contribution in [1.29, 1.82) is 0 Å². The first-order valence-corrected chi connectivity index (χ1v) is 15.1. The van der Waals surface area contributed by atoms with Crippen LogP contribution in [0.25, 0.3) is 0 Å². The van der Waals surface area contributed by atoms with Crippen molar-refractivity contribution in [3.05, 3.63) is 65.7 Å². The number of carbonyl (C=O) groups excluding carboxylic acids is 2. The van der Waals surface area contributed by atoms with Crippen LogP contribution in [0.5, 0.6) is 5.75 Å². The number of esters is 1. The van der Waals surface area contributed by atoms with E-state index in [2.05, 4.69) is 19.2 Å². The minimum absolute atomic E-state index is 0.0448. The van der Waals surface area contributed by atoms with E-state index in [1.165, 1.54) is 0 Å². The highest BCUT2D eigenvalue weighted by Gasteiger charge is 2.24. The van der Waals surface area contributed by atoms with Crippen molar-refractivity contribution in [2.24, 2.45) is 5.92 Å². The van der Waals surface area contributed by atoms with Crippen molar-refractivity contribution in [1.82, 2.24) is 5.32 Å². The summed E-state index contributed by atoms with van der Waals surface area (Å²) in [6.07, 6.45) is 2.23. The van der Waals surface area contributed by atoms with Gasteiger partial charge in [0.05, 0.1) is 19.1 Å². The Morgan fingerprint density at radius 1 is 0.907 bits per heavy atom. The lowest BCUT2D eigenvalue weighted by molar-refractivity contribution is -0.149. The number of carboxylic acids is 1. The average Bonchev–Trinajstić information content (AvgIpc) is 2.94. The molecule has 0 spiro atoms. The Morgan fingerprint density at radius 3 is 2.26 bits per heavy atom. The Labute approximate surface area is 256 Å². The van der Waals surface area contributed by atoms with Gasteiger partial charge in [0.2, 0.25) is 5.91 Å². The van der Waals surface area contributed by atoms with Crippen LogP contribution >= 0.6 is 0 Å². The van der Waals surface area contributed by atoms with E-state index in [1.807, 2.05) is 68.4 Å². The molecule has 0 radical (unpaired) electrons. The largest absolute Gasteiger partial charge is 0.488 e. The summed E-state index contributed by atoms with van der Waals surface area (Å²) in [6.45, 7) is 11.6. The maximum absolute atomic E-state index is 13.1. The summed E-state index contributed by atoms with van der Waals surface area (Å²) in [5.74, 6) is -0.397. The smallest absolute Gasteiger partial charge is 0.329 e. The van der Waals surface area contributed by atoms with Crippen LogP contribution in [-0.2, 0) is 41.6 Å². The second-order valence-corrected chi connectivity index (χ2v) is 11.9. The standard InChI is InChI=1S/C34H49NO8/c1-25(2)17-20-40-19-9-12-31(36)35-30(33(39)42-24-28-10-7-6-8-11-28)23-27-13-15-29(16-14-27)43-34(4,5)18-21-41-26(3)22-32(37)38/h6-8,10-11,13-16,25-26,30H,9,12,17-24H2,1-5H3,(H,35,36)(H,37,38)/t26?,30-/m0/s1. The van der Waals surface area contributed by atoms with E-state index in [9.17, 15) is 14.4 Å². The van der Waals surface area contributed by atoms with Crippen molar-refractivity contribution in [2.45, 2.75) is 97.5 Å². The van der Waals surface area contributed by atoms with Gasteiger partial charge in [-0.15, -0.1) is 0 Å². The molecule has 2 aromatic rings. The fourth-order valence-corrected chi connectivity index (χ4v) is 4.16. The number of hydrogen-bond acceptors (Lipinski definition) is 7. The van der Waals surface area contributed by atoms with Gasteiger partial charge in [-0.2, -0.15) is 0 Å². The van der Waals surface area contributed by atoms with Crippen molar-refractivity contribution in [2.75, 3.05) is 19.8 Å². The van der Waals surface area contributed by atoms with Gasteiger partial charge in [-0.25, -0.2) is 4.79 Å². The van der Waals surface area contributed by atoms with E-state index in [1.54, 1.807) is 6.92 Å². The lowest BCUT2D eigenvalue weighted by Gasteiger charge is -2.27. The van der Waals surface area contributed by atoms with Crippen molar-refractivity contribution in [3.63, 3.8) is 0 Å². The highest BCUT2D eigenvalue weighted by Crippen LogP contribution is 2.22. The molecule has 0 bridgehead atoms. The zero-order valence-electron chi connectivity index (χ0n) is 26.3. The van der Waals surface area contributed by atoms with Crippen LogP contribution in [0.1, 0.15) is 77.8 Å². The summed E-state index contributed by atoms with van der Waals surface area (Å²) < 4.78 is 22.9. The van der Waals surface area contributed by atoms with Gasteiger partial charge in [-0.05, 0) is 62.8 Å². The van der Waals surface area contributed by atoms with Crippen LogP contribution in [0, 0.1) is 5.92 Å². The van der Waals surface area contributed by atoms with Crippen LogP contribution in [0.2, 0.25) is 0 Å². The third kappa shape index (κ3) is 16.1. The number of hydrogen-bond donors (Lipinski definition) is 2. The molecule has 2 N–H and O–H groups in total. The predicted octanol–water partition coefficient (Wildman–Crippen LogP) is 5.73. The van der Waals surface area contributed by atoms with Crippen LogP contribution in [0.15, 0.2) is 54.6 Å². The zero-order chi connectivity index (χ0) is 31.7. The molecule has 1 unspecified atom stereocenters. The number of benzene rings is 2. The molecule has 238 valence electrons. The fraction of sp³-hybridized carbons (Fsp3) is 0.559. The van der Waals surface area contributed by atoms with Gasteiger partial charge in [0.25, 0.3) is 0 Å². The maximum Gasteiger partial charge on any atom is 0.329 e. The molecule has 1 amide bonds. The first-order chi connectivity index (χ1) is 20.4. The van der Waals surface area contributed by atoms with Gasteiger partial charge >= 0.3 is 11.9 Å². The van der Waals surface area contributed by atoms with E-state index in [0.717, 1.165) is 17.5 Å². The summed E-state index contributed by atoms with van der Waals surface area (Å²) in [5.41, 5.74) is 1.17. The number of ether oxygens (including phenoxy) is 4. The summed E-state index contributed by atoms with van der Waals surface area (Å²) >= 11 is 0. The second kappa shape index (κ2) is 19.0. The Bertz CT molecular complexity index is 1100. The quantitative estimate of drug-likeness (QED) is 0.138. The van der Waals surface area contributed by atoms with Gasteiger partial charge in [0.15, 0.2) is 0 Å². The summed E-state index contributed by atoms with van der Waals surface area (Å²) in [4.78, 5) is 36.6. The Balaban J connectivity index is 1.94. The van der Waals surface area contributed by atoms with E-state index < -0.39 is 23.6 Å². The predicted molar refractivity (Wildman–Crippen MR) is 165 cm³/mol. The van der Waals surface area contributed by atoms with Crippen molar-refractivity contribution >= 4 is 17.8 Å². The van der Waals surface area contributed by atoms with Gasteiger partial charge in [0.1, 0.15) is 24.0 Å². The molecule has 2 atom stereocenters. The van der Waals surface area contributed by atoms with Gasteiger partial charge in [0, 0.05) is 32.5 Å². The molecular weight excluding hydrogens is 550 g/mol. The average molecular weight is 600 g/mol. The maximum atomic E-state index is 13.1. The van der Waals surface area contributed by atoms with Gasteiger partial charge < -0.3 is 29.4 Å². The van der Waals surface area contributed by atoms with Crippen LogP contribution < -0.4 is 10.1 Å². The van der Waals surface area contributed by atoms with Crippen LogP contribution in [0.3, 0.4) is 0 Å². The minimum Gasteiger partial charge on any atom is -0.488 e. The summed E-state index contributed by atoms with van der Waals surface area (Å²) in [7, 11) is 0. The SMILES string of the molecule is CC(C)CCOCCCC(=O)N[C@@H](Cc1ccc(OC(C)(C)CCOC(C)CC(=O)O)cc1)C(=O)OCc1ccccc1. The number of carbonyl (C=O) groups is 3. The molecular formula is C34H49NO8. The number of carboxylic acid groups (broad SMARTS) is 1. The third-order valence-electron chi connectivity index (χ3n) is 6.70.